The van der Waals surface area contributed by atoms with Gasteiger partial charge in [0.1, 0.15) is 5.75 Å². The monoisotopic (exact) mass is 251 g/mol. The van der Waals surface area contributed by atoms with Gasteiger partial charge in [-0.05, 0) is 38.8 Å². The lowest BCUT2D eigenvalue weighted by Crippen LogP contribution is -2.30. The number of aryl methyl sites for hydroxylation is 1. The van der Waals surface area contributed by atoms with E-state index < -0.39 is 0 Å². The van der Waals surface area contributed by atoms with Crippen LogP contribution in [-0.2, 0) is 4.74 Å². The number of methoxy groups -OCH3 is 2. The van der Waals surface area contributed by atoms with E-state index in [0.29, 0.717) is 6.04 Å². The molecule has 102 valence electrons. The molecule has 1 aromatic carbocycles. The van der Waals surface area contributed by atoms with Crippen LogP contribution < -0.4 is 10.1 Å². The van der Waals surface area contributed by atoms with Crippen LogP contribution in [0.1, 0.15) is 37.4 Å². The fraction of sp³-hybridized carbons (Fsp3) is 0.600. The summed E-state index contributed by atoms with van der Waals surface area (Å²) in [6.07, 6.45) is 1.01. The molecule has 0 saturated carbocycles. The summed E-state index contributed by atoms with van der Waals surface area (Å²) in [6.45, 7) is 7.20. The third kappa shape index (κ3) is 4.31. The fourth-order valence-electron chi connectivity index (χ4n) is 2.07. The van der Waals surface area contributed by atoms with Crippen LogP contribution in [0.3, 0.4) is 0 Å². The van der Waals surface area contributed by atoms with E-state index in [0.717, 1.165) is 18.8 Å². The van der Waals surface area contributed by atoms with Gasteiger partial charge in [-0.2, -0.15) is 0 Å². The number of ether oxygens (including phenoxy) is 2. The van der Waals surface area contributed by atoms with Gasteiger partial charge in [0, 0.05) is 31.4 Å². The standard InChI is InChI=1S/C15H25NO2/c1-11-6-7-14(15(10-11)18-5)13(3)16-12(2)8-9-17-4/h6-7,10,12-13,16H,8-9H2,1-5H3. The molecule has 0 fully saturated rings. The van der Waals surface area contributed by atoms with E-state index in [1.165, 1.54) is 11.1 Å². The van der Waals surface area contributed by atoms with Crippen molar-refractivity contribution in [3.63, 3.8) is 0 Å². The third-order valence-corrected chi connectivity index (χ3v) is 3.14. The molecule has 0 radical (unpaired) electrons. The average Bonchev–Trinajstić information content (AvgIpc) is 2.35. The van der Waals surface area contributed by atoms with Crippen molar-refractivity contribution < 1.29 is 9.47 Å². The van der Waals surface area contributed by atoms with Crippen LogP contribution in [0.2, 0.25) is 0 Å². The first-order valence-electron chi connectivity index (χ1n) is 6.48. The van der Waals surface area contributed by atoms with Crippen molar-refractivity contribution in [1.29, 1.82) is 0 Å². The number of nitrogens with one attached hydrogen (secondary N) is 1. The Balaban J connectivity index is 2.68. The molecule has 0 aliphatic carbocycles. The minimum Gasteiger partial charge on any atom is -0.496 e. The summed E-state index contributed by atoms with van der Waals surface area (Å²) in [5.74, 6) is 0.953. The molecule has 1 N–H and O–H groups in total. The van der Waals surface area contributed by atoms with Crippen molar-refractivity contribution in [2.75, 3.05) is 20.8 Å². The van der Waals surface area contributed by atoms with Gasteiger partial charge in [0.15, 0.2) is 0 Å². The van der Waals surface area contributed by atoms with Gasteiger partial charge in [-0.25, -0.2) is 0 Å². The highest BCUT2D eigenvalue weighted by atomic mass is 16.5. The Morgan fingerprint density at radius 3 is 2.56 bits per heavy atom. The van der Waals surface area contributed by atoms with E-state index in [-0.39, 0.29) is 6.04 Å². The van der Waals surface area contributed by atoms with Gasteiger partial charge in [0.05, 0.1) is 7.11 Å². The SMILES string of the molecule is COCCC(C)NC(C)c1ccc(C)cc1OC. The van der Waals surface area contributed by atoms with E-state index in [4.69, 9.17) is 9.47 Å². The summed E-state index contributed by atoms with van der Waals surface area (Å²) in [5, 5.41) is 3.57. The van der Waals surface area contributed by atoms with Crippen LogP contribution in [0.5, 0.6) is 5.75 Å². The highest BCUT2D eigenvalue weighted by Gasteiger charge is 2.13. The largest absolute Gasteiger partial charge is 0.496 e. The van der Waals surface area contributed by atoms with Gasteiger partial charge in [0.25, 0.3) is 0 Å². The molecular formula is C15H25NO2. The van der Waals surface area contributed by atoms with E-state index in [2.05, 4.69) is 44.3 Å². The molecule has 2 unspecified atom stereocenters. The van der Waals surface area contributed by atoms with Crippen molar-refractivity contribution in [2.45, 2.75) is 39.3 Å². The van der Waals surface area contributed by atoms with E-state index in [1.54, 1.807) is 14.2 Å². The number of hydrogen-bond donors (Lipinski definition) is 1. The van der Waals surface area contributed by atoms with Crippen LogP contribution >= 0.6 is 0 Å². The Morgan fingerprint density at radius 1 is 1.22 bits per heavy atom. The van der Waals surface area contributed by atoms with Crippen LogP contribution in [0.25, 0.3) is 0 Å². The molecule has 2 atom stereocenters. The smallest absolute Gasteiger partial charge is 0.123 e. The van der Waals surface area contributed by atoms with Crippen molar-refractivity contribution in [3.8, 4) is 5.75 Å². The van der Waals surface area contributed by atoms with Crippen molar-refractivity contribution in [3.05, 3.63) is 29.3 Å². The minimum atomic E-state index is 0.271. The maximum Gasteiger partial charge on any atom is 0.123 e. The van der Waals surface area contributed by atoms with Crippen molar-refractivity contribution in [1.82, 2.24) is 5.32 Å². The first-order valence-corrected chi connectivity index (χ1v) is 6.48. The maximum atomic E-state index is 5.45. The predicted octanol–water partition coefficient (Wildman–Crippen LogP) is 3.08. The van der Waals surface area contributed by atoms with E-state index in [9.17, 15) is 0 Å². The highest BCUT2D eigenvalue weighted by molar-refractivity contribution is 5.39. The normalized spacial score (nSPS) is 14.3. The molecule has 3 nitrogen and oxygen atoms in total. The zero-order valence-electron chi connectivity index (χ0n) is 12.1. The lowest BCUT2D eigenvalue weighted by Gasteiger charge is -2.22. The summed E-state index contributed by atoms with van der Waals surface area (Å²) in [5.41, 5.74) is 2.42. The van der Waals surface area contributed by atoms with Crippen molar-refractivity contribution in [2.24, 2.45) is 0 Å². The van der Waals surface area contributed by atoms with Gasteiger partial charge in [-0.3, -0.25) is 0 Å². The number of benzene rings is 1. The topological polar surface area (TPSA) is 30.5 Å². The number of rotatable bonds is 7. The second-order valence-corrected chi connectivity index (χ2v) is 4.82. The average molecular weight is 251 g/mol. The molecule has 18 heavy (non-hydrogen) atoms. The Labute approximate surface area is 110 Å². The molecule has 1 aromatic rings. The summed E-state index contributed by atoms with van der Waals surface area (Å²) >= 11 is 0. The fourth-order valence-corrected chi connectivity index (χ4v) is 2.07. The predicted molar refractivity (Wildman–Crippen MR) is 75.2 cm³/mol. The molecular weight excluding hydrogens is 226 g/mol. The Bertz CT molecular complexity index is 366. The summed E-state index contributed by atoms with van der Waals surface area (Å²) in [6, 6.07) is 7.02. The van der Waals surface area contributed by atoms with Gasteiger partial charge in [-0.15, -0.1) is 0 Å². The lowest BCUT2D eigenvalue weighted by atomic mass is 10.0. The Kier molecular flexibility index (Phi) is 6.16. The molecule has 0 aliphatic heterocycles. The lowest BCUT2D eigenvalue weighted by molar-refractivity contribution is 0.183. The summed E-state index contributed by atoms with van der Waals surface area (Å²) in [4.78, 5) is 0. The summed E-state index contributed by atoms with van der Waals surface area (Å²) in [7, 11) is 3.46. The van der Waals surface area contributed by atoms with Crippen LogP contribution in [-0.4, -0.2) is 26.9 Å². The quantitative estimate of drug-likeness (QED) is 0.808. The van der Waals surface area contributed by atoms with Crippen molar-refractivity contribution >= 4 is 0 Å². The minimum absolute atomic E-state index is 0.271. The Morgan fingerprint density at radius 2 is 1.94 bits per heavy atom. The first-order chi connectivity index (χ1) is 8.58. The molecule has 0 spiro atoms. The number of hydrogen-bond acceptors (Lipinski definition) is 3. The van der Waals surface area contributed by atoms with Crippen LogP contribution in [0.4, 0.5) is 0 Å². The highest BCUT2D eigenvalue weighted by Crippen LogP contribution is 2.26. The third-order valence-electron chi connectivity index (χ3n) is 3.14. The van der Waals surface area contributed by atoms with Gasteiger partial charge < -0.3 is 14.8 Å². The molecule has 0 aromatic heterocycles. The zero-order valence-corrected chi connectivity index (χ0v) is 12.1. The second-order valence-electron chi connectivity index (χ2n) is 4.82. The summed E-state index contributed by atoms with van der Waals surface area (Å²) < 4.78 is 10.5. The van der Waals surface area contributed by atoms with Gasteiger partial charge in [-0.1, -0.05) is 12.1 Å². The first kappa shape index (κ1) is 15.0. The zero-order chi connectivity index (χ0) is 13.5. The molecule has 0 bridgehead atoms. The van der Waals surface area contributed by atoms with Gasteiger partial charge in [0.2, 0.25) is 0 Å². The molecule has 0 amide bonds. The molecule has 0 heterocycles. The van der Waals surface area contributed by atoms with Crippen LogP contribution in [0, 0.1) is 6.92 Å². The second kappa shape index (κ2) is 7.39. The van der Waals surface area contributed by atoms with Gasteiger partial charge >= 0.3 is 0 Å². The molecule has 1 rings (SSSR count). The Hall–Kier alpha value is -1.06. The molecule has 3 heteroatoms. The maximum absolute atomic E-state index is 5.45. The van der Waals surface area contributed by atoms with E-state index in [1.807, 2.05) is 0 Å². The molecule has 0 saturated heterocycles. The van der Waals surface area contributed by atoms with E-state index >= 15 is 0 Å². The molecule has 0 aliphatic rings. The van der Waals surface area contributed by atoms with Crippen LogP contribution in [0.15, 0.2) is 18.2 Å².